The molecular weight excluding hydrogens is 304 g/mol. The molecule has 0 spiro atoms. The van der Waals surface area contributed by atoms with Crippen molar-refractivity contribution in [3.8, 4) is 0 Å². The molecule has 0 saturated heterocycles. The number of ether oxygens (including phenoxy) is 1. The highest BCUT2D eigenvalue weighted by molar-refractivity contribution is 5.74. The fraction of sp³-hybridized carbons (Fsp3) is 0.632. The Morgan fingerprint density at radius 3 is 2.83 bits per heavy atom. The van der Waals surface area contributed by atoms with Crippen molar-refractivity contribution in [2.24, 2.45) is 11.8 Å². The van der Waals surface area contributed by atoms with Gasteiger partial charge in [0.15, 0.2) is 0 Å². The Morgan fingerprint density at radius 2 is 2.12 bits per heavy atom. The van der Waals surface area contributed by atoms with Crippen molar-refractivity contribution in [1.29, 1.82) is 0 Å². The maximum absolute atomic E-state index is 12.2. The van der Waals surface area contributed by atoms with Gasteiger partial charge >= 0.3 is 6.03 Å². The zero-order valence-corrected chi connectivity index (χ0v) is 15.1. The zero-order chi connectivity index (χ0) is 17.7. The van der Waals surface area contributed by atoms with E-state index in [-0.39, 0.29) is 25.2 Å². The van der Waals surface area contributed by atoms with Gasteiger partial charge in [0, 0.05) is 13.2 Å². The lowest BCUT2D eigenvalue weighted by Gasteiger charge is -2.20. The average molecular weight is 334 g/mol. The van der Waals surface area contributed by atoms with Gasteiger partial charge < -0.3 is 20.5 Å². The van der Waals surface area contributed by atoms with Crippen molar-refractivity contribution in [2.45, 2.75) is 46.3 Å². The van der Waals surface area contributed by atoms with Crippen LogP contribution in [0.15, 0.2) is 18.2 Å². The summed E-state index contributed by atoms with van der Waals surface area (Å²) < 4.78 is 5.38. The minimum Gasteiger partial charge on any atom is -0.389 e. The van der Waals surface area contributed by atoms with Gasteiger partial charge in [-0.2, -0.15) is 0 Å². The minimum absolute atomic E-state index is 0.0224. The minimum atomic E-state index is -0.690. The van der Waals surface area contributed by atoms with Crippen LogP contribution in [0.2, 0.25) is 0 Å². The van der Waals surface area contributed by atoms with Gasteiger partial charge in [-0.15, -0.1) is 0 Å². The maximum atomic E-state index is 12.2. The molecule has 1 aliphatic rings. The first kappa shape index (κ1) is 18.7. The molecule has 24 heavy (non-hydrogen) atoms. The quantitative estimate of drug-likeness (QED) is 0.718. The molecule has 0 fully saturated rings. The smallest absolute Gasteiger partial charge is 0.315 e. The van der Waals surface area contributed by atoms with Crippen LogP contribution in [0.4, 0.5) is 4.79 Å². The maximum Gasteiger partial charge on any atom is 0.315 e. The van der Waals surface area contributed by atoms with Gasteiger partial charge in [-0.3, -0.25) is 0 Å². The molecule has 0 radical (unpaired) electrons. The summed E-state index contributed by atoms with van der Waals surface area (Å²) in [4.78, 5) is 12.2. The van der Waals surface area contributed by atoms with Crippen LogP contribution in [0.3, 0.4) is 0 Å². The van der Waals surface area contributed by atoms with Crippen LogP contribution in [0.25, 0.3) is 0 Å². The Kier molecular flexibility index (Phi) is 6.63. The molecule has 134 valence electrons. The predicted octanol–water partition coefficient (Wildman–Crippen LogP) is 2.56. The number of aliphatic hydroxyl groups is 1. The highest BCUT2D eigenvalue weighted by atomic mass is 16.5. The van der Waals surface area contributed by atoms with Gasteiger partial charge in [0.2, 0.25) is 0 Å². The van der Waals surface area contributed by atoms with Crippen LogP contribution < -0.4 is 10.6 Å². The van der Waals surface area contributed by atoms with Crippen LogP contribution in [-0.4, -0.2) is 37.0 Å². The Bertz CT molecular complexity index is 560. The molecule has 0 bridgehead atoms. The second-order valence-corrected chi connectivity index (χ2v) is 7.30. The monoisotopic (exact) mass is 334 g/mol. The summed E-state index contributed by atoms with van der Waals surface area (Å²) in [5.74, 6) is 0.799. The van der Waals surface area contributed by atoms with Crippen molar-refractivity contribution < 1.29 is 14.6 Å². The summed E-state index contributed by atoms with van der Waals surface area (Å²) in [5.41, 5.74) is 3.71. The second kappa shape index (κ2) is 8.49. The number of aryl methyl sites for hydroxylation is 1. The Balaban J connectivity index is 1.80. The van der Waals surface area contributed by atoms with E-state index < -0.39 is 6.10 Å². The number of benzene rings is 1. The molecule has 2 amide bonds. The van der Waals surface area contributed by atoms with Crippen molar-refractivity contribution in [3.05, 3.63) is 34.9 Å². The fourth-order valence-corrected chi connectivity index (χ4v) is 3.08. The van der Waals surface area contributed by atoms with Gasteiger partial charge in [0.25, 0.3) is 0 Å². The SMILES string of the molecule is Cc1ccc2c(c1)C(NC(=O)NCC(O)COCC(C)C)C(C)C2. The molecule has 1 aromatic carbocycles. The first-order valence-electron chi connectivity index (χ1n) is 8.76. The van der Waals surface area contributed by atoms with Crippen LogP contribution in [0.1, 0.15) is 43.5 Å². The summed E-state index contributed by atoms with van der Waals surface area (Å²) in [6, 6.07) is 6.19. The number of rotatable bonds is 7. The van der Waals surface area contributed by atoms with E-state index in [1.807, 2.05) is 0 Å². The fourth-order valence-electron chi connectivity index (χ4n) is 3.08. The van der Waals surface area contributed by atoms with Gasteiger partial charge in [0.1, 0.15) is 0 Å². The highest BCUT2D eigenvalue weighted by Gasteiger charge is 2.30. The number of amides is 2. The van der Waals surface area contributed by atoms with Gasteiger partial charge in [-0.05, 0) is 36.3 Å². The summed E-state index contributed by atoms with van der Waals surface area (Å²) in [7, 11) is 0. The van der Waals surface area contributed by atoms with Crippen LogP contribution in [-0.2, 0) is 11.2 Å². The van der Waals surface area contributed by atoms with Gasteiger partial charge in [-0.1, -0.05) is 44.5 Å². The molecule has 1 aromatic rings. The van der Waals surface area contributed by atoms with E-state index in [0.29, 0.717) is 18.4 Å². The molecule has 0 aromatic heterocycles. The Labute approximate surface area is 144 Å². The van der Waals surface area contributed by atoms with Crippen LogP contribution >= 0.6 is 0 Å². The van der Waals surface area contributed by atoms with Crippen molar-refractivity contribution in [1.82, 2.24) is 10.6 Å². The Morgan fingerprint density at radius 1 is 1.38 bits per heavy atom. The number of nitrogens with one attached hydrogen (secondary N) is 2. The molecule has 1 aliphatic carbocycles. The summed E-state index contributed by atoms with van der Waals surface area (Å²) in [6.45, 7) is 9.36. The third-order valence-electron chi connectivity index (χ3n) is 4.29. The van der Waals surface area contributed by atoms with E-state index in [4.69, 9.17) is 4.74 Å². The van der Waals surface area contributed by atoms with Gasteiger partial charge in [0.05, 0.1) is 18.8 Å². The average Bonchev–Trinajstić information content (AvgIpc) is 2.80. The van der Waals surface area contributed by atoms with Gasteiger partial charge in [-0.25, -0.2) is 4.79 Å². The van der Waals surface area contributed by atoms with E-state index in [2.05, 4.69) is 56.5 Å². The van der Waals surface area contributed by atoms with Crippen molar-refractivity contribution in [3.63, 3.8) is 0 Å². The number of carbonyl (C=O) groups is 1. The number of urea groups is 1. The third kappa shape index (κ3) is 5.21. The van der Waals surface area contributed by atoms with Crippen molar-refractivity contribution in [2.75, 3.05) is 19.8 Å². The van der Waals surface area contributed by atoms with E-state index in [9.17, 15) is 9.90 Å². The first-order chi connectivity index (χ1) is 11.4. The standard InChI is InChI=1S/C19H30N2O3/c1-12(2)10-24-11-16(22)9-20-19(23)21-18-14(4)8-15-6-5-13(3)7-17(15)18/h5-7,12,14,16,18,22H,8-11H2,1-4H3,(H2,20,21,23). The Hall–Kier alpha value is -1.59. The van der Waals surface area contributed by atoms with E-state index in [0.717, 1.165) is 6.42 Å². The molecule has 3 N–H and O–H groups in total. The lowest BCUT2D eigenvalue weighted by Crippen LogP contribution is -2.43. The largest absolute Gasteiger partial charge is 0.389 e. The summed E-state index contributed by atoms with van der Waals surface area (Å²) in [5, 5.41) is 15.6. The van der Waals surface area contributed by atoms with Crippen LogP contribution in [0.5, 0.6) is 0 Å². The zero-order valence-electron chi connectivity index (χ0n) is 15.1. The first-order valence-corrected chi connectivity index (χ1v) is 8.76. The van der Waals surface area contributed by atoms with E-state index in [1.54, 1.807) is 0 Å². The number of fused-ring (bicyclic) bond motifs is 1. The number of hydrogen-bond acceptors (Lipinski definition) is 3. The number of aliphatic hydroxyl groups excluding tert-OH is 1. The topological polar surface area (TPSA) is 70.6 Å². The van der Waals surface area contributed by atoms with Crippen molar-refractivity contribution >= 4 is 6.03 Å². The molecule has 0 saturated carbocycles. The van der Waals surface area contributed by atoms with Crippen LogP contribution in [0, 0.1) is 18.8 Å². The third-order valence-corrected chi connectivity index (χ3v) is 4.29. The second-order valence-electron chi connectivity index (χ2n) is 7.30. The molecule has 5 nitrogen and oxygen atoms in total. The number of hydrogen-bond donors (Lipinski definition) is 3. The molecule has 5 heteroatoms. The molecule has 3 atom stereocenters. The molecule has 0 heterocycles. The lowest BCUT2D eigenvalue weighted by atomic mass is 10.0. The normalized spacial score (nSPS) is 20.8. The molecule has 0 aliphatic heterocycles. The summed E-state index contributed by atoms with van der Waals surface area (Å²) >= 11 is 0. The summed E-state index contributed by atoms with van der Waals surface area (Å²) in [6.07, 6.45) is 0.289. The predicted molar refractivity (Wildman–Crippen MR) is 95.0 cm³/mol. The van der Waals surface area contributed by atoms with E-state index in [1.165, 1.54) is 16.7 Å². The molecular formula is C19H30N2O3. The molecule has 2 rings (SSSR count). The lowest BCUT2D eigenvalue weighted by molar-refractivity contribution is 0.0272. The highest BCUT2D eigenvalue weighted by Crippen LogP contribution is 2.36. The molecule has 3 unspecified atom stereocenters. The van der Waals surface area contributed by atoms with E-state index >= 15 is 0 Å². The number of carbonyl (C=O) groups excluding carboxylic acids is 1.